The molecule has 0 radical (unpaired) electrons. The molecule has 20 heavy (non-hydrogen) atoms. The van der Waals surface area contributed by atoms with Crippen molar-refractivity contribution in [2.24, 2.45) is 0 Å². The number of furan rings is 1. The highest BCUT2D eigenvalue weighted by atomic mass is 16.3. The van der Waals surface area contributed by atoms with E-state index in [1.54, 1.807) is 6.26 Å². The molecule has 2 unspecified atom stereocenters. The van der Waals surface area contributed by atoms with E-state index in [9.17, 15) is 0 Å². The van der Waals surface area contributed by atoms with Gasteiger partial charge in [0.2, 0.25) is 0 Å². The second-order valence-electron chi connectivity index (χ2n) is 5.78. The first kappa shape index (κ1) is 14.9. The molecule has 0 spiro atoms. The van der Waals surface area contributed by atoms with Gasteiger partial charge in [-0.2, -0.15) is 0 Å². The molecule has 0 saturated heterocycles. The second kappa shape index (κ2) is 7.30. The Labute approximate surface area is 122 Å². The van der Waals surface area contributed by atoms with E-state index in [0.717, 1.165) is 25.0 Å². The van der Waals surface area contributed by atoms with Crippen molar-refractivity contribution in [3.05, 3.63) is 59.5 Å². The molecule has 0 aliphatic heterocycles. The van der Waals surface area contributed by atoms with Gasteiger partial charge >= 0.3 is 0 Å². The first-order valence-electron chi connectivity index (χ1n) is 7.47. The largest absolute Gasteiger partial charge is 0.469 e. The highest BCUT2D eigenvalue weighted by Gasteiger charge is 2.09. The number of nitrogens with one attached hydrogen (secondary N) is 1. The van der Waals surface area contributed by atoms with Gasteiger partial charge in [-0.1, -0.05) is 29.8 Å². The van der Waals surface area contributed by atoms with Crippen LogP contribution in [-0.4, -0.2) is 12.1 Å². The molecular formula is C18H25NO. The van der Waals surface area contributed by atoms with Gasteiger partial charge < -0.3 is 9.73 Å². The first-order valence-corrected chi connectivity index (χ1v) is 7.47. The number of rotatable bonds is 7. The Kier molecular flexibility index (Phi) is 5.42. The predicted octanol–water partition coefficient (Wildman–Crippen LogP) is 4.13. The zero-order chi connectivity index (χ0) is 14.4. The maximum absolute atomic E-state index is 5.39. The van der Waals surface area contributed by atoms with Crippen LogP contribution in [0.3, 0.4) is 0 Å². The van der Waals surface area contributed by atoms with Gasteiger partial charge in [0.05, 0.1) is 6.26 Å². The molecule has 2 rings (SSSR count). The van der Waals surface area contributed by atoms with Crippen molar-refractivity contribution in [3.63, 3.8) is 0 Å². The molecule has 0 bridgehead atoms. The summed E-state index contributed by atoms with van der Waals surface area (Å²) < 4.78 is 5.39. The van der Waals surface area contributed by atoms with E-state index < -0.39 is 0 Å². The molecule has 2 atom stereocenters. The van der Waals surface area contributed by atoms with Crippen molar-refractivity contribution in [3.8, 4) is 0 Å². The van der Waals surface area contributed by atoms with E-state index in [4.69, 9.17) is 4.42 Å². The lowest BCUT2D eigenvalue weighted by atomic mass is 10.0. The van der Waals surface area contributed by atoms with Crippen LogP contribution in [0.4, 0.5) is 0 Å². The third-order valence-electron chi connectivity index (χ3n) is 3.61. The number of benzene rings is 1. The number of hydrogen-bond donors (Lipinski definition) is 1. The van der Waals surface area contributed by atoms with E-state index >= 15 is 0 Å². The Hall–Kier alpha value is -1.54. The lowest BCUT2D eigenvalue weighted by molar-refractivity contribution is 0.412. The van der Waals surface area contributed by atoms with Crippen molar-refractivity contribution < 1.29 is 4.42 Å². The van der Waals surface area contributed by atoms with E-state index in [0.29, 0.717) is 12.1 Å². The quantitative estimate of drug-likeness (QED) is 0.819. The Morgan fingerprint density at radius 1 is 1.10 bits per heavy atom. The fourth-order valence-electron chi connectivity index (χ4n) is 2.61. The van der Waals surface area contributed by atoms with Crippen LogP contribution >= 0.6 is 0 Å². The summed E-state index contributed by atoms with van der Waals surface area (Å²) in [6.45, 7) is 6.62. The van der Waals surface area contributed by atoms with E-state index in [-0.39, 0.29) is 0 Å². The van der Waals surface area contributed by atoms with Gasteiger partial charge in [0.1, 0.15) is 5.76 Å². The van der Waals surface area contributed by atoms with Crippen LogP contribution in [0.25, 0.3) is 0 Å². The van der Waals surface area contributed by atoms with Crippen molar-refractivity contribution in [1.29, 1.82) is 0 Å². The monoisotopic (exact) mass is 271 g/mol. The van der Waals surface area contributed by atoms with Crippen molar-refractivity contribution >= 4 is 0 Å². The predicted molar refractivity (Wildman–Crippen MR) is 84.0 cm³/mol. The van der Waals surface area contributed by atoms with Gasteiger partial charge in [-0.15, -0.1) is 0 Å². The standard InChI is InChI=1S/C18H25NO/c1-14-6-4-7-17(12-14)10-9-15(2)19-16(3)13-18-8-5-11-20-18/h4-8,11-12,15-16,19H,9-10,13H2,1-3H3. The van der Waals surface area contributed by atoms with Crippen LogP contribution in [0.1, 0.15) is 37.2 Å². The van der Waals surface area contributed by atoms with E-state index in [1.807, 2.05) is 12.1 Å². The maximum atomic E-state index is 5.39. The Morgan fingerprint density at radius 2 is 1.95 bits per heavy atom. The van der Waals surface area contributed by atoms with Gasteiger partial charge in [-0.3, -0.25) is 0 Å². The summed E-state index contributed by atoms with van der Waals surface area (Å²) in [5.41, 5.74) is 2.77. The fourth-order valence-corrected chi connectivity index (χ4v) is 2.61. The molecule has 108 valence electrons. The van der Waals surface area contributed by atoms with Gasteiger partial charge in [-0.25, -0.2) is 0 Å². The summed E-state index contributed by atoms with van der Waals surface area (Å²) in [6, 6.07) is 13.7. The average molecular weight is 271 g/mol. The molecule has 2 heteroatoms. The molecule has 0 amide bonds. The molecular weight excluding hydrogens is 246 g/mol. The highest BCUT2D eigenvalue weighted by molar-refractivity contribution is 5.22. The molecule has 2 nitrogen and oxygen atoms in total. The Bertz CT molecular complexity index is 504. The van der Waals surface area contributed by atoms with Crippen LogP contribution in [0.2, 0.25) is 0 Å². The summed E-state index contributed by atoms with van der Waals surface area (Å²) in [7, 11) is 0. The number of hydrogen-bond acceptors (Lipinski definition) is 2. The molecule has 2 aromatic rings. The molecule has 0 aliphatic rings. The zero-order valence-electron chi connectivity index (χ0n) is 12.7. The minimum Gasteiger partial charge on any atom is -0.469 e. The maximum Gasteiger partial charge on any atom is 0.105 e. The Morgan fingerprint density at radius 3 is 2.65 bits per heavy atom. The van der Waals surface area contributed by atoms with Crippen LogP contribution in [0.5, 0.6) is 0 Å². The zero-order valence-corrected chi connectivity index (χ0v) is 12.7. The lowest BCUT2D eigenvalue weighted by Gasteiger charge is -2.19. The molecule has 1 N–H and O–H groups in total. The molecule has 1 aromatic carbocycles. The fraction of sp³-hybridized carbons (Fsp3) is 0.444. The van der Waals surface area contributed by atoms with Crippen molar-refractivity contribution in [1.82, 2.24) is 5.32 Å². The smallest absolute Gasteiger partial charge is 0.105 e. The van der Waals surface area contributed by atoms with Crippen LogP contribution in [0.15, 0.2) is 47.1 Å². The van der Waals surface area contributed by atoms with Gasteiger partial charge in [0, 0.05) is 18.5 Å². The third-order valence-corrected chi connectivity index (χ3v) is 3.61. The summed E-state index contributed by atoms with van der Waals surface area (Å²) in [6.07, 6.45) is 4.97. The summed E-state index contributed by atoms with van der Waals surface area (Å²) in [4.78, 5) is 0. The molecule has 0 saturated carbocycles. The molecule has 1 heterocycles. The van der Waals surface area contributed by atoms with Gasteiger partial charge in [0.25, 0.3) is 0 Å². The third kappa shape index (κ3) is 4.86. The number of aryl methyl sites for hydroxylation is 2. The van der Waals surface area contributed by atoms with Crippen LogP contribution in [0, 0.1) is 6.92 Å². The summed E-state index contributed by atoms with van der Waals surface area (Å²) >= 11 is 0. The summed E-state index contributed by atoms with van der Waals surface area (Å²) in [5.74, 6) is 1.05. The van der Waals surface area contributed by atoms with Crippen LogP contribution in [-0.2, 0) is 12.8 Å². The van der Waals surface area contributed by atoms with Crippen molar-refractivity contribution in [2.45, 2.75) is 52.1 Å². The van der Waals surface area contributed by atoms with Gasteiger partial charge in [-0.05, 0) is 51.3 Å². The van der Waals surface area contributed by atoms with E-state index in [1.165, 1.54) is 11.1 Å². The highest BCUT2D eigenvalue weighted by Crippen LogP contribution is 2.09. The Balaban J connectivity index is 1.73. The lowest BCUT2D eigenvalue weighted by Crippen LogP contribution is -2.36. The van der Waals surface area contributed by atoms with E-state index in [2.05, 4.69) is 50.4 Å². The minimum absolute atomic E-state index is 0.439. The topological polar surface area (TPSA) is 25.2 Å². The van der Waals surface area contributed by atoms with Gasteiger partial charge in [0.15, 0.2) is 0 Å². The van der Waals surface area contributed by atoms with Crippen LogP contribution < -0.4 is 5.32 Å². The minimum atomic E-state index is 0.439. The average Bonchev–Trinajstić information content (AvgIpc) is 2.89. The normalized spacial score (nSPS) is 14.2. The second-order valence-corrected chi connectivity index (χ2v) is 5.78. The molecule has 0 aliphatic carbocycles. The SMILES string of the molecule is Cc1cccc(CCC(C)NC(C)Cc2ccco2)c1. The first-order chi connectivity index (χ1) is 9.63. The summed E-state index contributed by atoms with van der Waals surface area (Å²) in [5, 5.41) is 3.64. The van der Waals surface area contributed by atoms with Crippen molar-refractivity contribution in [2.75, 3.05) is 0 Å². The molecule has 0 fully saturated rings. The molecule has 1 aromatic heterocycles.